The van der Waals surface area contributed by atoms with Gasteiger partial charge in [0.2, 0.25) is 11.5 Å². The van der Waals surface area contributed by atoms with E-state index < -0.39 is 35.7 Å². The van der Waals surface area contributed by atoms with Gasteiger partial charge in [0.05, 0.1) is 48.2 Å². The molecule has 0 saturated carbocycles. The van der Waals surface area contributed by atoms with Gasteiger partial charge >= 0.3 is 11.9 Å². The fourth-order valence-corrected chi connectivity index (χ4v) is 5.70. The molecule has 0 unspecified atom stereocenters. The maximum absolute atomic E-state index is 13.6. The first-order chi connectivity index (χ1) is 21.0. The largest absolute Gasteiger partial charge is 0.493 e. The molecule has 0 aromatic heterocycles. The summed E-state index contributed by atoms with van der Waals surface area (Å²) in [5.41, 5.74) is -0.133. The highest BCUT2D eigenvalue weighted by Crippen LogP contribution is 2.60. The smallest absolute Gasteiger partial charge is 0.338 e. The number of carbonyl (C=O) groups excluding carboxylic acids is 2. The summed E-state index contributed by atoms with van der Waals surface area (Å²) in [5.74, 6) is -0.742. The number of benzene rings is 3. The van der Waals surface area contributed by atoms with Crippen LogP contribution in [0.25, 0.3) is 11.1 Å². The average molecular weight is 611 g/mol. The van der Waals surface area contributed by atoms with Crippen LogP contribution in [0.5, 0.6) is 34.5 Å². The Morgan fingerprint density at radius 3 is 1.64 bits per heavy atom. The van der Waals surface area contributed by atoms with E-state index in [2.05, 4.69) is 0 Å². The molecule has 3 aromatic carbocycles. The molecule has 0 fully saturated rings. The number of hydrogen-bond acceptors (Lipinski definition) is 11. The van der Waals surface area contributed by atoms with Crippen LogP contribution in [0.15, 0.2) is 42.5 Å². The predicted octanol–water partition coefficient (Wildman–Crippen LogP) is 5.31. The lowest BCUT2D eigenvalue weighted by Gasteiger charge is -2.44. The van der Waals surface area contributed by atoms with Gasteiger partial charge in [-0.15, -0.1) is 0 Å². The van der Waals surface area contributed by atoms with Crippen molar-refractivity contribution in [2.24, 2.45) is 5.92 Å². The van der Waals surface area contributed by atoms with Gasteiger partial charge in [-0.2, -0.15) is 0 Å². The summed E-state index contributed by atoms with van der Waals surface area (Å²) in [6, 6.07) is 11.7. The molecule has 11 nitrogen and oxygen atoms in total. The molecule has 0 bridgehead atoms. The molecular formula is C33H38O11. The third-order valence-electron chi connectivity index (χ3n) is 7.99. The van der Waals surface area contributed by atoms with E-state index in [4.69, 9.17) is 37.9 Å². The van der Waals surface area contributed by atoms with Crippen molar-refractivity contribution in [3.8, 4) is 45.6 Å². The Kier molecular flexibility index (Phi) is 9.48. The Bertz CT molecular complexity index is 1530. The first-order valence-electron chi connectivity index (χ1n) is 13.8. The van der Waals surface area contributed by atoms with Crippen molar-refractivity contribution in [3.63, 3.8) is 0 Å². The second kappa shape index (κ2) is 12.9. The molecule has 11 heteroatoms. The van der Waals surface area contributed by atoms with Crippen LogP contribution in [0.2, 0.25) is 0 Å². The van der Waals surface area contributed by atoms with E-state index in [1.807, 2.05) is 0 Å². The molecule has 1 aliphatic carbocycles. The number of methoxy groups -OCH3 is 6. The molecule has 0 saturated heterocycles. The normalized spacial score (nSPS) is 20.5. The molecule has 0 amide bonds. The summed E-state index contributed by atoms with van der Waals surface area (Å²) in [6.07, 6.45) is -2.44. The zero-order chi connectivity index (χ0) is 32.3. The molecule has 0 spiro atoms. The minimum absolute atomic E-state index is 0.182. The maximum Gasteiger partial charge on any atom is 0.338 e. The summed E-state index contributed by atoms with van der Waals surface area (Å²) < 4.78 is 46.8. The molecule has 236 valence electrons. The van der Waals surface area contributed by atoms with E-state index in [0.717, 1.165) is 0 Å². The van der Waals surface area contributed by atoms with Crippen molar-refractivity contribution in [1.29, 1.82) is 0 Å². The number of hydrogen-bond donors (Lipinski definition) is 1. The van der Waals surface area contributed by atoms with Crippen LogP contribution in [-0.2, 0) is 14.3 Å². The highest BCUT2D eigenvalue weighted by molar-refractivity contribution is 5.92. The number of aliphatic hydroxyl groups is 1. The van der Waals surface area contributed by atoms with Gasteiger partial charge in [0.15, 0.2) is 29.1 Å². The standard InChI is InChI=1S/C33H38O11/c1-17-26(43-18(2)34)20-15-22(37-4)27(39-6)29(41-8)24(20)25-21(16-23(38-5)28(40-7)30(25)42-9)31(33(17,3)36)44-32(35)19-13-11-10-12-14-19/h10-17,26,31,36H,1-9H3/t17-,26+,31-,33-/m0/s1. The average Bonchev–Trinajstić information content (AvgIpc) is 3.03. The van der Waals surface area contributed by atoms with Gasteiger partial charge in [0.1, 0.15) is 11.7 Å². The maximum atomic E-state index is 13.6. The van der Waals surface area contributed by atoms with Crippen molar-refractivity contribution < 1.29 is 52.6 Å². The lowest BCUT2D eigenvalue weighted by molar-refractivity contribution is -0.166. The third-order valence-corrected chi connectivity index (χ3v) is 7.99. The minimum atomic E-state index is -1.85. The number of carbonyl (C=O) groups is 2. The zero-order valence-corrected chi connectivity index (χ0v) is 26.3. The quantitative estimate of drug-likeness (QED) is 0.317. The van der Waals surface area contributed by atoms with Crippen LogP contribution in [0.1, 0.15) is 54.5 Å². The molecular weight excluding hydrogens is 572 g/mol. The van der Waals surface area contributed by atoms with Crippen LogP contribution in [-0.4, -0.2) is 65.3 Å². The summed E-state index contributed by atoms with van der Waals surface area (Å²) in [4.78, 5) is 26.2. The molecule has 0 radical (unpaired) electrons. The van der Waals surface area contributed by atoms with E-state index in [-0.39, 0.29) is 34.3 Å². The number of fused-ring (bicyclic) bond motifs is 3. The number of ether oxygens (including phenoxy) is 8. The number of esters is 2. The Balaban J connectivity index is 2.25. The fraction of sp³-hybridized carbons (Fsp3) is 0.394. The Morgan fingerprint density at radius 1 is 0.705 bits per heavy atom. The van der Waals surface area contributed by atoms with Gasteiger partial charge in [-0.1, -0.05) is 25.1 Å². The molecule has 3 aromatic rings. The van der Waals surface area contributed by atoms with E-state index in [1.165, 1.54) is 56.5 Å². The van der Waals surface area contributed by atoms with Crippen LogP contribution in [0.4, 0.5) is 0 Å². The topological polar surface area (TPSA) is 128 Å². The van der Waals surface area contributed by atoms with E-state index >= 15 is 0 Å². The highest BCUT2D eigenvalue weighted by atomic mass is 16.6. The summed E-state index contributed by atoms with van der Waals surface area (Å²) in [6.45, 7) is 4.49. The van der Waals surface area contributed by atoms with Crippen molar-refractivity contribution >= 4 is 11.9 Å². The molecule has 4 atom stereocenters. The second-order valence-electron chi connectivity index (χ2n) is 10.4. The van der Waals surface area contributed by atoms with Gasteiger partial charge in [-0.25, -0.2) is 4.79 Å². The lowest BCUT2D eigenvalue weighted by Crippen LogP contribution is -2.46. The molecule has 1 N–H and O–H groups in total. The summed E-state index contributed by atoms with van der Waals surface area (Å²) in [5, 5.41) is 12.4. The predicted molar refractivity (Wildman–Crippen MR) is 160 cm³/mol. The number of rotatable bonds is 9. The van der Waals surface area contributed by atoms with E-state index in [9.17, 15) is 14.7 Å². The van der Waals surface area contributed by atoms with Crippen molar-refractivity contribution in [2.75, 3.05) is 42.7 Å². The first-order valence-corrected chi connectivity index (χ1v) is 13.8. The van der Waals surface area contributed by atoms with E-state index in [1.54, 1.807) is 49.4 Å². The minimum Gasteiger partial charge on any atom is -0.493 e. The monoisotopic (exact) mass is 610 g/mol. The van der Waals surface area contributed by atoms with Crippen LogP contribution >= 0.6 is 0 Å². The van der Waals surface area contributed by atoms with Gasteiger partial charge in [0, 0.05) is 35.1 Å². The molecule has 1 aliphatic rings. The van der Waals surface area contributed by atoms with Crippen molar-refractivity contribution in [3.05, 3.63) is 59.2 Å². The van der Waals surface area contributed by atoms with Crippen LogP contribution in [0.3, 0.4) is 0 Å². The fourth-order valence-electron chi connectivity index (χ4n) is 5.70. The molecule has 0 heterocycles. The van der Waals surface area contributed by atoms with Gasteiger partial charge in [-0.05, 0) is 31.2 Å². The van der Waals surface area contributed by atoms with Crippen LogP contribution in [0, 0.1) is 5.92 Å². The third kappa shape index (κ3) is 5.43. The Labute approximate surface area is 256 Å². The second-order valence-corrected chi connectivity index (χ2v) is 10.4. The first kappa shape index (κ1) is 32.3. The Morgan fingerprint density at radius 2 is 1.18 bits per heavy atom. The van der Waals surface area contributed by atoms with Gasteiger partial charge in [0.25, 0.3) is 0 Å². The van der Waals surface area contributed by atoms with Crippen LogP contribution < -0.4 is 28.4 Å². The van der Waals surface area contributed by atoms with Gasteiger partial charge < -0.3 is 43.0 Å². The highest BCUT2D eigenvalue weighted by Gasteiger charge is 2.51. The molecule has 44 heavy (non-hydrogen) atoms. The van der Waals surface area contributed by atoms with Crippen molar-refractivity contribution in [1.82, 2.24) is 0 Å². The van der Waals surface area contributed by atoms with E-state index in [0.29, 0.717) is 28.0 Å². The SMILES string of the molecule is COc1cc2c(c(OC)c1OC)-c1c(cc(OC)c(OC)c1OC)[C@H](OC(=O)c1ccccc1)[C@@](C)(O)[C@@H](C)[C@H]2OC(C)=O. The zero-order valence-electron chi connectivity index (χ0n) is 26.3. The summed E-state index contributed by atoms with van der Waals surface area (Å²) in [7, 11) is 8.74. The molecule has 4 rings (SSSR count). The summed E-state index contributed by atoms with van der Waals surface area (Å²) >= 11 is 0. The molecule has 0 aliphatic heterocycles. The Hall–Kier alpha value is -4.64. The van der Waals surface area contributed by atoms with Crippen molar-refractivity contribution in [2.45, 2.75) is 38.6 Å². The van der Waals surface area contributed by atoms with Gasteiger partial charge in [-0.3, -0.25) is 4.79 Å². The lowest BCUT2D eigenvalue weighted by atomic mass is 9.71.